The summed E-state index contributed by atoms with van der Waals surface area (Å²) >= 11 is 0. The Kier molecular flexibility index (Phi) is 3.46. The lowest BCUT2D eigenvalue weighted by Gasteiger charge is -2.20. The average molecular weight is 343 g/mol. The van der Waals surface area contributed by atoms with Crippen LogP contribution in [0, 0.1) is 6.92 Å². The van der Waals surface area contributed by atoms with Crippen LogP contribution < -0.4 is 5.32 Å². The van der Waals surface area contributed by atoms with Gasteiger partial charge in [0.25, 0.3) is 0 Å². The van der Waals surface area contributed by atoms with E-state index in [0.717, 1.165) is 64.6 Å². The van der Waals surface area contributed by atoms with E-state index in [1.54, 1.807) is 23.4 Å². The summed E-state index contributed by atoms with van der Waals surface area (Å²) in [6, 6.07) is 8.20. The van der Waals surface area contributed by atoms with Gasteiger partial charge in [0.1, 0.15) is 23.9 Å². The monoisotopic (exact) mass is 343 g/mol. The molecule has 0 saturated carbocycles. The molecule has 0 radical (unpaired) electrons. The third-order valence-electron chi connectivity index (χ3n) is 4.77. The molecule has 1 aromatic carbocycles. The molecule has 0 spiro atoms. The third kappa shape index (κ3) is 2.36. The maximum atomic E-state index is 4.93. The van der Waals surface area contributed by atoms with E-state index in [9.17, 15) is 0 Å². The van der Waals surface area contributed by atoms with Gasteiger partial charge in [-0.2, -0.15) is 5.10 Å². The number of benzene rings is 1. The lowest BCUT2D eigenvalue weighted by atomic mass is 10.0. The minimum absolute atomic E-state index is 0.739. The molecule has 4 heterocycles. The molecule has 0 bridgehead atoms. The van der Waals surface area contributed by atoms with Gasteiger partial charge in [0.05, 0.1) is 17.6 Å². The van der Waals surface area contributed by atoms with Crippen molar-refractivity contribution in [1.29, 1.82) is 0 Å². The summed E-state index contributed by atoms with van der Waals surface area (Å²) in [4.78, 5) is 18.5. The summed E-state index contributed by atoms with van der Waals surface area (Å²) < 4.78 is 1.72. The van der Waals surface area contributed by atoms with Crippen molar-refractivity contribution in [3.8, 4) is 22.8 Å². The van der Waals surface area contributed by atoms with Crippen molar-refractivity contribution in [3.63, 3.8) is 0 Å². The van der Waals surface area contributed by atoms with Crippen molar-refractivity contribution in [2.45, 2.75) is 19.9 Å². The molecule has 1 aliphatic heterocycles. The summed E-state index contributed by atoms with van der Waals surface area (Å²) in [6.45, 7) is 3.74. The van der Waals surface area contributed by atoms with Gasteiger partial charge in [0.15, 0.2) is 5.82 Å². The molecule has 7 nitrogen and oxygen atoms in total. The Morgan fingerprint density at radius 2 is 2.04 bits per heavy atom. The van der Waals surface area contributed by atoms with E-state index in [2.05, 4.69) is 39.4 Å². The molecule has 0 amide bonds. The van der Waals surface area contributed by atoms with Crippen LogP contribution in [0.25, 0.3) is 28.3 Å². The fraction of sp³-hybridized carbons (Fsp3) is 0.211. The quantitative estimate of drug-likeness (QED) is 0.601. The van der Waals surface area contributed by atoms with Crippen LogP contribution >= 0.6 is 0 Å². The van der Waals surface area contributed by atoms with Crippen LogP contribution in [-0.2, 0) is 13.0 Å². The van der Waals surface area contributed by atoms with Gasteiger partial charge in [0.2, 0.25) is 0 Å². The first kappa shape index (κ1) is 15.1. The zero-order chi connectivity index (χ0) is 17.5. The predicted molar refractivity (Wildman–Crippen MR) is 97.4 cm³/mol. The zero-order valence-corrected chi connectivity index (χ0v) is 14.3. The number of imidazole rings is 1. The van der Waals surface area contributed by atoms with Crippen LogP contribution in [0.3, 0.4) is 0 Å². The molecule has 4 aromatic rings. The van der Waals surface area contributed by atoms with E-state index in [-0.39, 0.29) is 0 Å². The molecular formula is C19H17N7. The Balaban J connectivity index is 1.80. The number of aromatic nitrogens is 6. The summed E-state index contributed by atoms with van der Waals surface area (Å²) in [7, 11) is 0. The summed E-state index contributed by atoms with van der Waals surface area (Å²) in [5, 5.41) is 7.64. The second kappa shape index (κ2) is 5.96. The van der Waals surface area contributed by atoms with Gasteiger partial charge in [-0.15, -0.1) is 0 Å². The molecule has 26 heavy (non-hydrogen) atoms. The van der Waals surface area contributed by atoms with Crippen LogP contribution in [-0.4, -0.2) is 36.1 Å². The van der Waals surface area contributed by atoms with E-state index in [4.69, 9.17) is 9.97 Å². The Bertz CT molecular complexity index is 1120. The molecular weight excluding hydrogens is 326 g/mol. The van der Waals surface area contributed by atoms with Crippen LogP contribution in [0.5, 0.6) is 0 Å². The molecule has 0 unspecified atom stereocenters. The Hall–Kier alpha value is -3.19. The van der Waals surface area contributed by atoms with Crippen molar-refractivity contribution >= 4 is 5.52 Å². The molecule has 0 atom stereocenters. The second-order valence-corrected chi connectivity index (χ2v) is 6.39. The van der Waals surface area contributed by atoms with E-state index in [1.807, 2.05) is 12.1 Å². The normalized spacial score (nSPS) is 13.7. The highest BCUT2D eigenvalue weighted by molar-refractivity contribution is 5.77. The Morgan fingerprint density at radius 1 is 1.12 bits per heavy atom. The number of nitrogens with zero attached hydrogens (tertiary/aromatic N) is 6. The maximum Gasteiger partial charge on any atom is 0.160 e. The molecule has 1 N–H and O–H groups in total. The number of aryl methyl sites for hydroxylation is 1. The third-order valence-corrected chi connectivity index (χ3v) is 4.77. The highest BCUT2D eigenvalue weighted by Gasteiger charge is 2.22. The molecule has 5 rings (SSSR count). The van der Waals surface area contributed by atoms with Crippen LogP contribution in [0.1, 0.15) is 16.8 Å². The first-order valence-corrected chi connectivity index (χ1v) is 8.61. The van der Waals surface area contributed by atoms with E-state index >= 15 is 0 Å². The first-order chi connectivity index (χ1) is 12.8. The zero-order valence-electron chi connectivity index (χ0n) is 14.3. The standard InChI is InChI=1S/C19H17N7/c1-12-4-2-3-5-13(12)19-24-15-6-7-20-8-14(15)17(25-19)18-16-9-21-11-26(16)23-10-22-18/h2-5,9-11,20H,6-8H2,1H3. The average Bonchev–Trinajstić information content (AvgIpc) is 3.16. The lowest BCUT2D eigenvalue weighted by molar-refractivity contribution is 0.628. The number of nitrogens with one attached hydrogen (secondary N) is 1. The molecule has 0 fully saturated rings. The second-order valence-electron chi connectivity index (χ2n) is 6.39. The summed E-state index contributed by atoms with van der Waals surface area (Å²) in [5.41, 5.74) is 6.88. The molecule has 0 saturated heterocycles. The number of hydrogen-bond acceptors (Lipinski definition) is 6. The largest absolute Gasteiger partial charge is 0.312 e. The number of rotatable bonds is 2. The SMILES string of the molecule is Cc1ccccc1-c1nc2c(c(-c3ncnn4cncc34)n1)CNCC2. The van der Waals surface area contributed by atoms with Gasteiger partial charge >= 0.3 is 0 Å². The highest BCUT2D eigenvalue weighted by atomic mass is 15.3. The predicted octanol–water partition coefficient (Wildman–Crippen LogP) is 2.20. The molecule has 7 heteroatoms. The van der Waals surface area contributed by atoms with Crippen molar-refractivity contribution in [2.24, 2.45) is 0 Å². The molecule has 0 aliphatic carbocycles. The molecule has 1 aliphatic rings. The van der Waals surface area contributed by atoms with Crippen LogP contribution in [0.2, 0.25) is 0 Å². The lowest BCUT2D eigenvalue weighted by Crippen LogP contribution is -2.26. The van der Waals surface area contributed by atoms with E-state index < -0.39 is 0 Å². The van der Waals surface area contributed by atoms with Crippen molar-refractivity contribution in [2.75, 3.05) is 6.54 Å². The highest BCUT2D eigenvalue weighted by Crippen LogP contribution is 2.30. The van der Waals surface area contributed by atoms with Gasteiger partial charge < -0.3 is 5.32 Å². The van der Waals surface area contributed by atoms with Gasteiger partial charge in [0, 0.05) is 30.6 Å². The minimum atomic E-state index is 0.739. The topological polar surface area (TPSA) is 80.9 Å². The van der Waals surface area contributed by atoms with Crippen LogP contribution in [0.15, 0.2) is 43.1 Å². The van der Waals surface area contributed by atoms with Gasteiger partial charge in [-0.05, 0) is 12.5 Å². The van der Waals surface area contributed by atoms with Crippen LogP contribution in [0.4, 0.5) is 0 Å². The maximum absolute atomic E-state index is 4.93. The van der Waals surface area contributed by atoms with Crippen molar-refractivity contribution in [1.82, 2.24) is 34.9 Å². The van der Waals surface area contributed by atoms with Gasteiger partial charge in [-0.3, -0.25) is 0 Å². The number of fused-ring (bicyclic) bond motifs is 2. The Labute approximate surface area is 150 Å². The van der Waals surface area contributed by atoms with E-state index in [0.29, 0.717) is 0 Å². The van der Waals surface area contributed by atoms with Gasteiger partial charge in [-0.25, -0.2) is 24.5 Å². The summed E-state index contributed by atoms with van der Waals surface area (Å²) in [6.07, 6.45) is 5.87. The molecule has 128 valence electrons. The van der Waals surface area contributed by atoms with E-state index in [1.165, 1.54) is 0 Å². The smallest absolute Gasteiger partial charge is 0.160 e. The first-order valence-electron chi connectivity index (χ1n) is 8.61. The van der Waals surface area contributed by atoms with Crippen molar-refractivity contribution in [3.05, 3.63) is 59.9 Å². The molecule has 3 aromatic heterocycles. The fourth-order valence-corrected chi connectivity index (χ4v) is 3.42. The summed E-state index contributed by atoms with van der Waals surface area (Å²) in [5.74, 6) is 0.745. The fourth-order valence-electron chi connectivity index (χ4n) is 3.42. The number of hydrogen-bond donors (Lipinski definition) is 1. The van der Waals surface area contributed by atoms with Gasteiger partial charge in [-0.1, -0.05) is 24.3 Å². The Morgan fingerprint density at radius 3 is 2.96 bits per heavy atom. The minimum Gasteiger partial charge on any atom is -0.312 e. The van der Waals surface area contributed by atoms with Crippen molar-refractivity contribution < 1.29 is 0 Å².